The number of alkyl halides is 6. The van der Waals surface area contributed by atoms with Gasteiger partial charge in [0, 0.05) is 5.39 Å². The van der Waals surface area contributed by atoms with Crippen molar-refractivity contribution in [3.8, 4) is 5.75 Å². The molecule has 0 bridgehead atoms. The molecule has 3 aromatic rings. The largest absolute Gasteiger partial charge is 0.487 e. The van der Waals surface area contributed by atoms with Crippen LogP contribution in [0.2, 0.25) is 0 Å². The van der Waals surface area contributed by atoms with Gasteiger partial charge in [0.2, 0.25) is 0 Å². The fourth-order valence-electron chi connectivity index (χ4n) is 3.36. The van der Waals surface area contributed by atoms with Crippen LogP contribution in [0.25, 0.3) is 10.8 Å². The zero-order valence-corrected chi connectivity index (χ0v) is 18.4. The van der Waals surface area contributed by atoms with Crippen molar-refractivity contribution in [3.63, 3.8) is 0 Å². The van der Waals surface area contributed by atoms with Gasteiger partial charge in [0.25, 0.3) is 5.91 Å². The third-order valence-corrected chi connectivity index (χ3v) is 5.41. The topological polar surface area (TPSA) is 75.6 Å². The summed E-state index contributed by atoms with van der Waals surface area (Å²) in [5.74, 6) is -6.38. The fourth-order valence-corrected chi connectivity index (χ4v) is 3.36. The number of nitrogens with one attached hydrogen (secondary N) is 1. The molecule has 0 radical (unpaired) electrons. The van der Waals surface area contributed by atoms with E-state index in [1.807, 2.05) is 5.32 Å². The number of aliphatic carboxylic acids is 1. The Morgan fingerprint density at radius 1 is 0.972 bits per heavy atom. The lowest BCUT2D eigenvalue weighted by atomic mass is 10.00. The van der Waals surface area contributed by atoms with E-state index in [9.17, 15) is 45.4 Å². The molecule has 192 valence electrons. The van der Waals surface area contributed by atoms with Crippen LogP contribution in [-0.4, -0.2) is 29.2 Å². The number of carboxylic acids is 1. The van der Waals surface area contributed by atoms with Crippen molar-refractivity contribution >= 4 is 22.6 Å². The summed E-state index contributed by atoms with van der Waals surface area (Å²) in [6.45, 7) is 0.250. The number of rotatable bonds is 7. The maximum atomic E-state index is 13.7. The number of carboxylic acid groups (broad SMARTS) is 1. The van der Waals surface area contributed by atoms with E-state index in [0.717, 1.165) is 42.5 Å². The number of amides is 1. The van der Waals surface area contributed by atoms with Crippen molar-refractivity contribution in [1.82, 2.24) is 5.32 Å². The molecular weight excluding hydrogens is 499 g/mol. The van der Waals surface area contributed by atoms with Crippen LogP contribution in [0.5, 0.6) is 5.75 Å². The first-order chi connectivity index (χ1) is 16.7. The van der Waals surface area contributed by atoms with Gasteiger partial charge in [-0.05, 0) is 47.3 Å². The maximum absolute atomic E-state index is 13.7. The quantitative estimate of drug-likeness (QED) is 0.380. The van der Waals surface area contributed by atoms with Crippen molar-refractivity contribution in [2.45, 2.75) is 31.9 Å². The molecule has 0 heterocycles. The Morgan fingerprint density at radius 2 is 1.61 bits per heavy atom. The highest BCUT2D eigenvalue weighted by atomic mass is 19.4. The molecule has 2 unspecified atom stereocenters. The van der Waals surface area contributed by atoms with E-state index in [2.05, 4.69) is 0 Å². The standard InChI is InChI=1S/C24H18F7NO4/c1-12(23(26,27)28)19(22(34)35)32-21(33)18-8-4-14-10-16(25)7-9-17(14)20(18)36-11-13-2-5-15(6-3-13)24(29,30)31/h2-10,12,19H,11H2,1H3,(H,32,33)(H,34,35). The lowest BCUT2D eigenvalue weighted by molar-refractivity contribution is -0.184. The van der Waals surface area contributed by atoms with Crippen LogP contribution >= 0.6 is 0 Å². The molecule has 12 heteroatoms. The number of halogens is 7. The van der Waals surface area contributed by atoms with E-state index in [1.165, 1.54) is 12.1 Å². The molecule has 2 atom stereocenters. The van der Waals surface area contributed by atoms with E-state index in [0.29, 0.717) is 6.92 Å². The minimum absolute atomic E-state index is 0.173. The first-order valence-corrected chi connectivity index (χ1v) is 10.3. The van der Waals surface area contributed by atoms with Gasteiger partial charge in [-0.2, -0.15) is 26.3 Å². The zero-order chi connectivity index (χ0) is 26.8. The number of carbonyl (C=O) groups excluding carboxylic acids is 1. The smallest absolute Gasteiger partial charge is 0.416 e. The number of hydrogen-bond donors (Lipinski definition) is 2. The lowest BCUT2D eigenvalue weighted by Crippen LogP contribution is -2.49. The van der Waals surface area contributed by atoms with Crippen molar-refractivity contribution in [2.75, 3.05) is 0 Å². The molecule has 0 aliphatic carbocycles. The molecule has 0 fully saturated rings. The molecular formula is C24H18F7NO4. The van der Waals surface area contributed by atoms with Crippen LogP contribution in [0.4, 0.5) is 30.7 Å². The molecule has 5 nitrogen and oxygen atoms in total. The van der Waals surface area contributed by atoms with E-state index in [-0.39, 0.29) is 34.3 Å². The predicted octanol–water partition coefficient (Wildman–Crippen LogP) is 5.96. The van der Waals surface area contributed by atoms with E-state index >= 15 is 0 Å². The summed E-state index contributed by atoms with van der Waals surface area (Å²) >= 11 is 0. The van der Waals surface area contributed by atoms with Crippen LogP contribution in [0, 0.1) is 11.7 Å². The Balaban J connectivity index is 1.96. The average molecular weight is 517 g/mol. The van der Waals surface area contributed by atoms with Crippen molar-refractivity contribution in [3.05, 3.63) is 77.1 Å². The second-order valence-electron chi connectivity index (χ2n) is 7.91. The number of carbonyl (C=O) groups is 2. The van der Waals surface area contributed by atoms with Gasteiger partial charge >= 0.3 is 18.3 Å². The molecule has 0 aliphatic heterocycles. The van der Waals surface area contributed by atoms with Crippen molar-refractivity contribution < 1.29 is 50.2 Å². The molecule has 3 rings (SSSR count). The van der Waals surface area contributed by atoms with Gasteiger partial charge in [-0.1, -0.05) is 25.1 Å². The zero-order valence-electron chi connectivity index (χ0n) is 18.4. The van der Waals surface area contributed by atoms with Crippen LogP contribution < -0.4 is 10.1 Å². The Bertz CT molecular complexity index is 1270. The Labute approximate surface area is 199 Å². The number of ether oxygens (including phenoxy) is 1. The molecule has 0 aromatic heterocycles. The Hall–Kier alpha value is -3.83. The maximum Gasteiger partial charge on any atom is 0.416 e. The monoisotopic (exact) mass is 517 g/mol. The highest BCUT2D eigenvalue weighted by Crippen LogP contribution is 2.34. The molecule has 0 aliphatic rings. The summed E-state index contributed by atoms with van der Waals surface area (Å²) in [6.07, 6.45) is -9.47. The third-order valence-electron chi connectivity index (χ3n) is 5.41. The molecule has 36 heavy (non-hydrogen) atoms. The highest BCUT2D eigenvalue weighted by molar-refractivity contribution is 6.05. The second-order valence-corrected chi connectivity index (χ2v) is 7.91. The first kappa shape index (κ1) is 26.8. The highest BCUT2D eigenvalue weighted by Gasteiger charge is 2.45. The van der Waals surface area contributed by atoms with Gasteiger partial charge in [0.1, 0.15) is 24.2 Å². The molecule has 3 aromatic carbocycles. The predicted molar refractivity (Wildman–Crippen MR) is 114 cm³/mol. The van der Waals surface area contributed by atoms with E-state index < -0.39 is 47.6 Å². The molecule has 1 amide bonds. The third kappa shape index (κ3) is 6.04. The lowest BCUT2D eigenvalue weighted by Gasteiger charge is -2.24. The molecule has 0 saturated heterocycles. The fraction of sp³-hybridized carbons (Fsp3) is 0.250. The number of benzene rings is 3. The summed E-state index contributed by atoms with van der Waals surface area (Å²) in [5.41, 5.74) is -0.977. The summed E-state index contributed by atoms with van der Waals surface area (Å²) in [4.78, 5) is 24.3. The summed E-state index contributed by atoms with van der Waals surface area (Å²) in [5, 5.41) is 11.5. The average Bonchev–Trinajstić information content (AvgIpc) is 2.79. The van der Waals surface area contributed by atoms with Gasteiger partial charge in [-0.15, -0.1) is 0 Å². The molecule has 0 spiro atoms. The van der Waals surface area contributed by atoms with Crippen LogP contribution in [-0.2, 0) is 17.6 Å². The van der Waals surface area contributed by atoms with Gasteiger partial charge in [0.15, 0.2) is 0 Å². The van der Waals surface area contributed by atoms with Crippen molar-refractivity contribution in [1.29, 1.82) is 0 Å². The summed E-state index contributed by atoms with van der Waals surface area (Å²) in [7, 11) is 0. The van der Waals surface area contributed by atoms with Crippen molar-refractivity contribution in [2.24, 2.45) is 5.92 Å². The molecule has 0 saturated carbocycles. The van der Waals surface area contributed by atoms with Crippen LogP contribution in [0.3, 0.4) is 0 Å². The van der Waals surface area contributed by atoms with Crippen LogP contribution in [0.1, 0.15) is 28.4 Å². The number of fused-ring (bicyclic) bond motifs is 1. The normalized spacial score (nSPS) is 13.8. The van der Waals surface area contributed by atoms with Gasteiger partial charge in [-0.25, -0.2) is 9.18 Å². The minimum Gasteiger partial charge on any atom is -0.487 e. The summed E-state index contributed by atoms with van der Waals surface area (Å²) < 4.78 is 97.0. The minimum atomic E-state index is -4.92. The SMILES string of the molecule is CC(C(NC(=O)c1ccc2cc(F)ccc2c1OCc1ccc(C(F)(F)F)cc1)C(=O)O)C(F)(F)F. The van der Waals surface area contributed by atoms with Gasteiger partial charge < -0.3 is 15.2 Å². The Kier molecular flexibility index (Phi) is 7.46. The van der Waals surface area contributed by atoms with E-state index in [4.69, 9.17) is 4.74 Å². The number of hydrogen-bond acceptors (Lipinski definition) is 3. The summed E-state index contributed by atoms with van der Waals surface area (Å²) in [6, 6.07) is 7.41. The van der Waals surface area contributed by atoms with Gasteiger partial charge in [0.05, 0.1) is 17.0 Å². The molecule has 2 N–H and O–H groups in total. The van der Waals surface area contributed by atoms with Gasteiger partial charge in [-0.3, -0.25) is 4.79 Å². The van der Waals surface area contributed by atoms with Crippen LogP contribution in [0.15, 0.2) is 54.6 Å². The van der Waals surface area contributed by atoms with E-state index in [1.54, 1.807) is 0 Å². The first-order valence-electron chi connectivity index (χ1n) is 10.3. The Morgan fingerprint density at radius 3 is 2.17 bits per heavy atom. The second kappa shape index (κ2) is 10.0.